The molecule has 0 fully saturated rings. The summed E-state index contributed by atoms with van der Waals surface area (Å²) in [5.74, 6) is -0.429. The number of benzene rings is 4. The van der Waals surface area contributed by atoms with Gasteiger partial charge in [-0.2, -0.15) is 13.2 Å². The molecule has 0 radical (unpaired) electrons. The van der Waals surface area contributed by atoms with Crippen LogP contribution in [-0.4, -0.2) is 6.36 Å². The fourth-order valence-electron chi connectivity index (χ4n) is 3.42. The first-order chi connectivity index (χ1) is 16.1. The van der Waals surface area contributed by atoms with Crippen LogP contribution in [0.1, 0.15) is 5.56 Å². The van der Waals surface area contributed by atoms with Gasteiger partial charge in [-0.15, -0.1) is 13.2 Å². The molecule has 0 bridgehead atoms. The lowest BCUT2D eigenvalue weighted by atomic mass is 9.98. The minimum absolute atomic E-state index is 0.140. The van der Waals surface area contributed by atoms with E-state index < -0.39 is 23.9 Å². The minimum atomic E-state index is -4.83. The third kappa shape index (κ3) is 5.89. The topological polar surface area (TPSA) is 21.3 Å². The van der Waals surface area contributed by atoms with Gasteiger partial charge in [0, 0.05) is 11.4 Å². The molecule has 4 aromatic carbocycles. The van der Waals surface area contributed by atoms with Crippen LogP contribution in [0.15, 0.2) is 97.1 Å². The van der Waals surface area contributed by atoms with E-state index in [1.807, 2.05) is 42.5 Å². The van der Waals surface area contributed by atoms with Crippen LogP contribution >= 0.6 is 0 Å². The van der Waals surface area contributed by atoms with E-state index in [0.717, 1.165) is 35.4 Å². The molecule has 0 spiro atoms. The molecule has 4 aromatic rings. The van der Waals surface area contributed by atoms with Crippen molar-refractivity contribution in [2.24, 2.45) is 0 Å². The van der Waals surface area contributed by atoms with Crippen molar-refractivity contribution in [2.45, 2.75) is 12.5 Å². The highest BCUT2D eigenvalue weighted by molar-refractivity contribution is 5.75. The molecule has 174 valence electrons. The van der Waals surface area contributed by atoms with Crippen molar-refractivity contribution in [1.29, 1.82) is 0 Å². The van der Waals surface area contributed by atoms with Gasteiger partial charge >= 0.3 is 12.5 Å². The van der Waals surface area contributed by atoms with E-state index in [2.05, 4.69) is 10.1 Å². The molecule has 0 atom stereocenters. The lowest BCUT2D eigenvalue weighted by Crippen LogP contribution is -2.16. The van der Waals surface area contributed by atoms with E-state index in [9.17, 15) is 26.3 Å². The maximum absolute atomic E-state index is 13.5. The fraction of sp³-hybridized carbons (Fsp3) is 0.0769. The van der Waals surface area contributed by atoms with Crippen molar-refractivity contribution >= 4 is 11.4 Å². The van der Waals surface area contributed by atoms with Gasteiger partial charge in [0.25, 0.3) is 0 Å². The van der Waals surface area contributed by atoms with Crippen LogP contribution < -0.4 is 10.1 Å². The molecular weight excluding hydrogens is 456 g/mol. The number of hydrogen-bond donors (Lipinski definition) is 1. The highest BCUT2D eigenvalue weighted by Crippen LogP contribution is 2.36. The fourth-order valence-corrected chi connectivity index (χ4v) is 3.42. The summed E-state index contributed by atoms with van der Waals surface area (Å²) in [6.07, 6.45) is -9.41. The molecule has 0 aliphatic rings. The normalized spacial score (nSPS) is 11.8. The second-order valence-electron chi connectivity index (χ2n) is 7.44. The van der Waals surface area contributed by atoms with Crippen molar-refractivity contribution < 1.29 is 31.1 Å². The van der Waals surface area contributed by atoms with Crippen LogP contribution in [0.2, 0.25) is 0 Å². The quantitative estimate of drug-likeness (QED) is 0.293. The summed E-state index contributed by atoms with van der Waals surface area (Å²) in [6.45, 7) is 0. The van der Waals surface area contributed by atoms with Gasteiger partial charge in [-0.1, -0.05) is 54.6 Å². The summed E-state index contributed by atoms with van der Waals surface area (Å²) in [5, 5.41) is 2.82. The van der Waals surface area contributed by atoms with Crippen molar-refractivity contribution in [1.82, 2.24) is 0 Å². The molecule has 34 heavy (non-hydrogen) atoms. The summed E-state index contributed by atoms with van der Waals surface area (Å²) in [7, 11) is 0. The Hall–Kier alpha value is -3.94. The minimum Gasteiger partial charge on any atom is -0.406 e. The molecule has 0 saturated heterocycles. The lowest BCUT2D eigenvalue weighted by Gasteiger charge is -2.15. The Morgan fingerprint density at radius 2 is 1.09 bits per heavy atom. The number of ether oxygens (including phenoxy) is 1. The molecule has 2 nitrogen and oxygen atoms in total. The number of hydrogen-bond acceptors (Lipinski definition) is 2. The Bertz CT molecular complexity index is 1250. The molecule has 8 heteroatoms. The van der Waals surface area contributed by atoms with E-state index in [0.29, 0.717) is 16.8 Å². The molecule has 0 amide bonds. The van der Waals surface area contributed by atoms with Gasteiger partial charge in [-0.25, -0.2) is 0 Å². The summed E-state index contributed by atoms with van der Waals surface area (Å²) in [6, 6.07) is 25.0. The van der Waals surface area contributed by atoms with Crippen molar-refractivity contribution in [3.63, 3.8) is 0 Å². The van der Waals surface area contributed by atoms with Crippen LogP contribution in [0.5, 0.6) is 5.75 Å². The standard InChI is InChI=1S/C26H17F6NO/c27-25(28,29)21-14-20(19-8-6-18(7-9-19)17-4-2-1-3-5-17)15-23(16-21)33-22-10-12-24(13-11-22)34-26(30,31)32/h1-16,33H. The zero-order valence-electron chi connectivity index (χ0n) is 17.4. The first-order valence-corrected chi connectivity index (χ1v) is 10.1. The largest absolute Gasteiger partial charge is 0.573 e. The zero-order chi connectivity index (χ0) is 24.3. The lowest BCUT2D eigenvalue weighted by molar-refractivity contribution is -0.274. The van der Waals surface area contributed by atoms with Crippen LogP contribution in [-0.2, 0) is 6.18 Å². The smallest absolute Gasteiger partial charge is 0.406 e. The Morgan fingerprint density at radius 3 is 1.65 bits per heavy atom. The number of alkyl halides is 6. The molecule has 0 aromatic heterocycles. The molecule has 0 aliphatic carbocycles. The number of anilines is 2. The van der Waals surface area contributed by atoms with Crippen molar-refractivity contribution in [2.75, 3.05) is 5.32 Å². The van der Waals surface area contributed by atoms with Crippen molar-refractivity contribution in [3.05, 3.63) is 103 Å². The average Bonchev–Trinajstić information content (AvgIpc) is 2.79. The number of halogens is 6. The summed E-state index contributed by atoms with van der Waals surface area (Å²) >= 11 is 0. The third-order valence-corrected chi connectivity index (χ3v) is 4.96. The van der Waals surface area contributed by atoms with Gasteiger partial charge in [0.2, 0.25) is 0 Å². The predicted octanol–water partition coefficient (Wildman–Crippen LogP) is 8.68. The van der Waals surface area contributed by atoms with Gasteiger partial charge in [0.05, 0.1) is 5.56 Å². The highest BCUT2D eigenvalue weighted by atomic mass is 19.4. The first kappa shape index (κ1) is 23.2. The van der Waals surface area contributed by atoms with Gasteiger partial charge in [0.15, 0.2) is 0 Å². The Labute approximate surface area is 191 Å². The second kappa shape index (κ2) is 9.13. The van der Waals surface area contributed by atoms with Crippen molar-refractivity contribution in [3.8, 4) is 28.0 Å². The number of rotatable bonds is 5. The Kier molecular flexibility index (Phi) is 6.24. The molecule has 0 heterocycles. The number of nitrogens with one attached hydrogen (secondary N) is 1. The average molecular weight is 473 g/mol. The molecule has 0 aliphatic heterocycles. The SMILES string of the molecule is FC(F)(F)Oc1ccc(Nc2cc(-c3ccc(-c4ccccc4)cc3)cc(C(F)(F)F)c2)cc1. The summed E-state index contributed by atoms with van der Waals surface area (Å²) in [5.41, 5.74) is 2.43. The van der Waals surface area contributed by atoms with Gasteiger partial charge in [-0.3, -0.25) is 0 Å². The van der Waals surface area contributed by atoms with E-state index in [1.165, 1.54) is 12.1 Å². The maximum Gasteiger partial charge on any atom is 0.573 e. The predicted molar refractivity (Wildman–Crippen MR) is 119 cm³/mol. The van der Waals surface area contributed by atoms with E-state index in [-0.39, 0.29) is 5.69 Å². The Balaban J connectivity index is 1.63. The van der Waals surface area contributed by atoms with Gasteiger partial charge < -0.3 is 10.1 Å². The van der Waals surface area contributed by atoms with Crippen LogP contribution in [0.3, 0.4) is 0 Å². The third-order valence-electron chi connectivity index (χ3n) is 4.96. The molecule has 0 unspecified atom stereocenters. The van der Waals surface area contributed by atoms with Gasteiger partial charge in [0.1, 0.15) is 5.75 Å². The highest BCUT2D eigenvalue weighted by Gasteiger charge is 2.32. The van der Waals surface area contributed by atoms with Gasteiger partial charge in [-0.05, 0) is 64.7 Å². The molecule has 1 N–H and O–H groups in total. The summed E-state index contributed by atoms with van der Waals surface area (Å²) in [4.78, 5) is 0. The van der Waals surface area contributed by atoms with E-state index in [4.69, 9.17) is 0 Å². The molecule has 4 rings (SSSR count). The van der Waals surface area contributed by atoms with Crippen LogP contribution in [0, 0.1) is 0 Å². The van der Waals surface area contributed by atoms with E-state index in [1.54, 1.807) is 18.2 Å². The van der Waals surface area contributed by atoms with E-state index >= 15 is 0 Å². The van der Waals surface area contributed by atoms with Crippen LogP contribution in [0.4, 0.5) is 37.7 Å². The first-order valence-electron chi connectivity index (χ1n) is 10.1. The zero-order valence-corrected chi connectivity index (χ0v) is 17.4. The molecular formula is C26H17F6NO. The molecule has 0 saturated carbocycles. The Morgan fingerprint density at radius 1 is 0.529 bits per heavy atom. The van der Waals surface area contributed by atoms with Crippen LogP contribution in [0.25, 0.3) is 22.3 Å². The monoisotopic (exact) mass is 473 g/mol. The summed E-state index contributed by atoms with van der Waals surface area (Å²) < 4.78 is 81.4. The second-order valence-corrected chi connectivity index (χ2v) is 7.44. The maximum atomic E-state index is 13.5.